The highest BCUT2D eigenvalue weighted by Gasteiger charge is 2.32. The van der Waals surface area contributed by atoms with Crippen LogP contribution in [0.25, 0.3) is 0 Å². The van der Waals surface area contributed by atoms with Crippen LogP contribution in [0.15, 0.2) is 40.0 Å². The molecule has 114 valence electrons. The fourth-order valence-electron chi connectivity index (χ4n) is 2.31. The second kappa shape index (κ2) is 5.84. The molecule has 8 heteroatoms. The molecule has 3 rings (SSSR count). The lowest BCUT2D eigenvalue weighted by Crippen LogP contribution is -2.51. The van der Waals surface area contributed by atoms with Crippen LogP contribution in [0.5, 0.6) is 0 Å². The monoisotopic (exact) mass is 302 g/mol. The van der Waals surface area contributed by atoms with Crippen molar-refractivity contribution >= 4 is 11.9 Å². The summed E-state index contributed by atoms with van der Waals surface area (Å²) < 4.78 is 4.71. The Bertz CT molecular complexity index is 737. The number of aromatic nitrogens is 2. The number of hydrogen-bond donors (Lipinski definition) is 1. The molecule has 0 bridgehead atoms. The van der Waals surface area contributed by atoms with Gasteiger partial charge < -0.3 is 14.4 Å². The van der Waals surface area contributed by atoms with Gasteiger partial charge in [-0.25, -0.2) is 4.79 Å². The molecule has 1 aliphatic heterocycles. The highest BCUT2D eigenvalue weighted by molar-refractivity contribution is 5.96. The molecule has 0 unspecified atom stereocenters. The number of pyridine rings is 1. The predicted molar refractivity (Wildman–Crippen MR) is 74.5 cm³/mol. The molecule has 1 saturated heterocycles. The van der Waals surface area contributed by atoms with Gasteiger partial charge in [0.05, 0.1) is 13.1 Å². The van der Waals surface area contributed by atoms with Gasteiger partial charge in [-0.3, -0.25) is 14.5 Å². The Hall–Kier alpha value is -2.90. The first-order valence-electron chi connectivity index (χ1n) is 6.80. The maximum atomic E-state index is 12.4. The van der Waals surface area contributed by atoms with Gasteiger partial charge in [-0.15, -0.1) is 0 Å². The van der Waals surface area contributed by atoms with Crippen molar-refractivity contribution in [1.82, 2.24) is 19.9 Å². The maximum Gasteiger partial charge on any atom is 0.327 e. The van der Waals surface area contributed by atoms with E-state index in [1.165, 1.54) is 17.4 Å². The van der Waals surface area contributed by atoms with Crippen molar-refractivity contribution in [1.29, 1.82) is 0 Å². The van der Waals surface area contributed by atoms with Crippen LogP contribution in [0.4, 0.5) is 4.79 Å². The predicted octanol–water partition coefficient (Wildman–Crippen LogP) is 0.717. The van der Waals surface area contributed by atoms with Gasteiger partial charge in [0.2, 0.25) is 5.91 Å². The van der Waals surface area contributed by atoms with Crippen molar-refractivity contribution < 1.29 is 14.1 Å². The molecule has 0 aliphatic carbocycles. The van der Waals surface area contributed by atoms with Crippen LogP contribution in [-0.4, -0.2) is 38.4 Å². The Morgan fingerprint density at radius 1 is 1.23 bits per heavy atom. The third-order valence-corrected chi connectivity index (χ3v) is 3.47. The van der Waals surface area contributed by atoms with Crippen molar-refractivity contribution in [3.63, 3.8) is 0 Å². The number of hydrogen-bond acceptors (Lipinski definition) is 5. The van der Waals surface area contributed by atoms with Crippen LogP contribution in [0, 0.1) is 0 Å². The number of carbonyl (C=O) groups is 2. The number of carbonyl (C=O) groups excluding carboxylic acids is 2. The van der Waals surface area contributed by atoms with Gasteiger partial charge in [0.1, 0.15) is 12.0 Å². The average molecular weight is 302 g/mol. The highest BCUT2D eigenvalue weighted by atomic mass is 16.5. The normalized spacial score (nSPS) is 15.5. The van der Waals surface area contributed by atoms with Crippen LogP contribution in [-0.2, 0) is 17.9 Å². The van der Waals surface area contributed by atoms with E-state index in [1.807, 2.05) is 0 Å². The van der Waals surface area contributed by atoms with Crippen molar-refractivity contribution in [2.75, 3.05) is 6.54 Å². The summed E-state index contributed by atoms with van der Waals surface area (Å²) in [4.78, 5) is 41.3. The van der Waals surface area contributed by atoms with Gasteiger partial charge >= 0.3 is 6.03 Å². The van der Waals surface area contributed by atoms with Gasteiger partial charge in [-0.2, -0.15) is 0 Å². The first kappa shape index (κ1) is 14.1. The third-order valence-electron chi connectivity index (χ3n) is 3.47. The lowest BCUT2D eigenvalue weighted by Gasteiger charge is -2.33. The van der Waals surface area contributed by atoms with Crippen LogP contribution in [0.2, 0.25) is 0 Å². The van der Waals surface area contributed by atoms with E-state index in [-0.39, 0.29) is 31.0 Å². The van der Waals surface area contributed by atoms with E-state index < -0.39 is 6.03 Å². The number of nitrogens with zero attached hydrogens (tertiary/aromatic N) is 3. The van der Waals surface area contributed by atoms with Gasteiger partial charge in [0.15, 0.2) is 0 Å². The number of nitrogens with one attached hydrogen (secondary N) is 1. The molecule has 0 radical (unpaired) electrons. The summed E-state index contributed by atoms with van der Waals surface area (Å²) in [6, 6.07) is 4.53. The zero-order valence-electron chi connectivity index (χ0n) is 11.7. The highest BCUT2D eigenvalue weighted by Crippen LogP contribution is 2.15. The van der Waals surface area contributed by atoms with Crippen molar-refractivity contribution in [3.8, 4) is 0 Å². The molecule has 2 aromatic rings. The van der Waals surface area contributed by atoms with Crippen LogP contribution in [0.1, 0.15) is 17.7 Å². The van der Waals surface area contributed by atoms with Crippen molar-refractivity contribution in [3.05, 3.63) is 52.3 Å². The number of aromatic amines is 1. The molecule has 1 aliphatic rings. The average Bonchev–Trinajstić information content (AvgIpc) is 3.01. The molecule has 22 heavy (non-hydrogen) atoms. The standard InChI is InChI=1S/C14H14N4O4/c19-12-3-6-17(8-10-2-1-5-15-13(10)20)14(21)18(12)9-11-4-7-22-16-11/h1-2,4-5,7H,3,6,8-9H2,(H,15,20). The van der Waals surface area contributed by atoms with Crippen LogP contribution in [0.3, 0.4) is 0 Å². The number of imide groups is 1. The Morgan fingerprint density at radius 2 is 2.09 bits per heavy atom. The minimum atomic E-state index is -0.428. The molecule has 2 aromatic heterocycles. The largest absolute Gasteiger partial charge is 0.364 e. The summed E-state index contributed by atoms with van der Waals surface area (Å²) in [6.45, 7) is 0.523. The number of H-pyrrole nitrogens is 1. The lowest BCUT2D eigenvalue weighted by molar-refractivity contribution is -0.131. The first-order valence-corrected chi connectivity index (χ1v) is 6.80. The van der Waals surface area contributed by atoms with Crippen LogP contribution >= 0.6 is 0 Å². The molecule has 3 heterocycles. The zero-order chi connectivity index (χ0) is 15.5. The Balaban J connectivity index is 1.76. The molecule has 0 spiro atoms. The second-order valence-electron chi connectivity index (χ2n) is 4.95. The molecule has 0 aromatic carbocycles. The van der Waals surface area contributed by atoms with E-state index in [4.69, 9.17) is 4.52 Å². The Kier molecular flexibility index (Phi) is 3.73. The van der Waals surface area contributed by atoms with Gasteiger partial charge in [-0.05, 0) is 6.07 Å². The van der Waals surface area contributed by atoms with Crippen LogP contribution < -0.4 is 5.56 Å². The van der Waals surface area contributed by atoms with E-state index >= 15 is 0 Å². The Labute approximate surface area is 125 Å². The summed E-state index contributed by atoms with van der Waals surface area (Å²) >= 11 is 0. The topological polar surface area (TPSA) is 99.5 Å². The number of urea groups is 1. The smallest absolute Gasteiger partial charge is 0.327 e. The van der Waals surface area contributed by atoms with E-state index in [0.29, 0.717) is 17.8 Å². The quantitative estimate of drug-likeness (QED) is 0.897. The molecule has 0 atom stereocenters. The van der Waals surface area contributed by atoms with Crippen molar-refractivity contribution in [2.24, 2.45) is 0 Å². The summed E-state index contributed by atoms with van der Waals surface area (Å²) in [7, 11) is 0. The molecule has 3 amide bonds. The molecule has 1 fully saturated rings. The minimum absolute atomic E-state index is 0.0653. The minimum Gasteiger partial charge on any atom is -0.364 e. The fourth-order valence-corrected chi connectivity index (χ4v) is 2.31. The second-order valence-corrected chi connectivity index (χ2v) is 4.95. The summed E-state index contributed by atoms with van der Waals surface area (Å²) in [5, 5.41) is 3.71. The SMILES string of the molecule is O=C1CCN(Cc2ccc[nH]c2=O)C(=O)N1Cc1ccon1. The lowest BCUT2D eigenvalue weighted by atomic mass is 10.2. The molecular formula is C14H14N4O4. The fraction of sp³-hybridized carbons (Fsp3) is 0.286. The van der Waals surface area contributed by atoms with E-state index in [1.54, 1.807) is 18.2 Å². The summed E-state index contributed by atoms with van der Waals surface area (Å²) in [6.07, 6.45) is 3.13. The van der Waals surface area contributed by atoms with E-state index in [0.717, 1.165) is 4.90 Å². The molecular weight excluding hydrogens is 288 g/mol. The molecule has 0 saturated carbocycles. The molecule has 1 N–H and O–H groups in total. The van der Waals surface area contributed by atoms with Gasteiger partial charge in [0.25, 0.3) is 5.56 Å². The van der Waals surface area contributed by atoms with E-state index in [9.17, 15) is 14.4 Å². The number of amides is 3. The molecule has 8 nitrogen and oxygen atoms in total. The van der Waals surface area contributed by atoms with Gasteiger partial charge in [-0.1, -0.05) is 11.2 Å². The first-order chi connectivity index (χ1) is 10.6. The van der Waals surface area contributed by atoms with Gasteiger partial charge in [0, 0.05) is 30.8 Å². The number of rotatable bonds is 4. The summed E-state index contributed by atoms with van der Waals surface area (Å²) in [5.74, 6) is -0.258. The third kappa shape index (κ3) is 2.76. The Morgan fingerprint density at radius 3 is 2.82 bits per heavy atom. The summed E-state index contributed by atoms with van der Waals surface area (Å²) in [5.41, 5.74) is 0.739. The zero-order valence-corrected chi connectivity index (χ0v) is 11.7. The van der Waals surface area contributed by atoms with E-state index in [2.05, 4.69) is 10.1 Å². The van der Waals surface area contributed by atoms with Crippen molar-refractivity contribution in [2.45, 2.75) is 19.5 Å². The maximum absolute atomic E-state index is 12.4.